The summed E-state index contributed by atoms with van der Waals surface area (Å²) in [5.74, 6) is 0. The predicted octanol–water partition coefficient (Wildman–Crippen LogP) is 0.357. The predicted molar refractivity (Wildman–Crippen MR) is 51.7 cm³/mol. The van der Waals surface area contributed by atoms with Gasteiger partial charge < -0.3 is 5.73 Å². The summed E-state index contributed by atoms with van der Waals surface area (Å²) in [5.41, 5.74) is 7.34. The van der Waals surface area contributed by atoms with Gasteiger partial charge in [0.2, 0.25) is 0 Å². The van der Waals surface area contributed by atoms with E-state index in [1.54, 1.807) is 6.07 Å². The minimum Gasteiger partial charge on any atom is -0.330 e. The van der Waals surface area contributed by atoms with E-state index in [1.807, 2.05) is 12.1 Å². The molecule has 1 aromatic carbocycles. The van der Waals surface area contributed by atoms with Crippen LogP contribution in [0.1, 0.15) is 5.56 Å². The van der Waals surface area contributed by atoms with E-state index in [9.17, 15) is 4.79 Å². The average Bonchev–Trinajstić information content (AvgIpc) is 2.50. The van der Waals surface area contributed by atoms with Gasteiger partial charge in [0.25, 0.3) is 5.56 Å². The molecule has 0 atom stereocenters. The molecule has 0 saturated carbocycles. The van der Waals surface area contributed by atoms with Crippen molar-refractivity contribution in [3.8, 4) is 0 Å². The number of aromatic amines is 2. The highest BCUT2D eigenvalue weighted by Gasteiger charge is 2.03. The molecule has 4 heteroatoms. The van der Waals surface area contributed by atoms with Crippen molar-refractivity contribution in [3.63, 3.8) is 0 Å². The smallest absolute Gasteiger partial charge is 0.271 e. The Morgan fingerprint density at radius 2 is 2.15 bits per heavy atom. The van der Waals surface area contributed by atoms with Gasteiger partial charge in [-0.1, -0.05) is 12.1 Å². The van der Waals surface area contributed by atoms with Crippen LogP contribution in [0.5, 0.6) is 0 Å². The first-order valence-electron chi connectivity index (χ1n) is 4.21. The van der Waals surface area contributed by atoms with Crippen LogP contribution >= 0.6 is 0 Å². The van der Waals surface area contributed by atoms with Crippen molar-refractivity contribution >= 4 is 10.9 Å². The van der Waals surface area contributed by atoms with Gasteiger partial charge in [-0.15, -0.1) is 0 Å². The summed E-state index contributed by atoms with van der Waals surface area (Å²) in [5, 5.41) is 6.10. The van der Waals surface area contributed by atoms with Gasteiger partial charge in [-0.3, -0.25) is 15.0 Å². The molecule has 0 amide bonds. The fraction of sp³-hybridized carbons (Fsp3) is 0.222. The van der Waals surface area contributed by atoms with E-state index in [1.165, 1.54) is 0 Å². The molecule has 2 aromatic rings. The summed E-state index contributed by atoms with van der Waals surface area (Å²) < 4.78 is 0. The molecule has 0 aliphatic heterocycles. The number of aromatic nitrogens is 2. The first-order valence-corrected chi connectivity index (χ1v) is 4.21. The van der Waals surface area contributed by atoms with Crippen molar-refractivity contribution in [2.45, 2.75) is 6.42 Å². The second-order valence-corrected chi connectivity index (χ2v) is 2.96. The Kier molecular flexibility index (Phi) is 1.90. The van der Waals surface area contributed by atoms with E-state index in [0.29, 0.717) is 11.9 Å². The van der Waals surface area contributed by atoms with E-state index in [-0.39, 0.29) is 5.56 Å². The summed E-state index contributed by atoms with van der Waals surface area (Å²) in [7, 11) is 0. The molecule has 1 heterocycles. The molecule has 68 valence electrons. The molecule has 0 unspecified atom stereocenters. The maximum absolute atomic E-state index is 11.2. The van der Waals surface area contributed by atoms with Crippen LogP contribution in [-0.2, 0) is 6.42 Å². The Hall–Kier alpha value is -1.55. The zero-order chi connectivity index (χ0) is 9.26. The van der Waals surface area contributed by atoms with Crippen LogP contribution < -0.4 is 11.3 Å². The first kappa shape index (κ1) is 8.07. The van der Waals surface area contributed by atoms with Crippen molar-refractivity contribution in [2.75, 3.05) is 6.54 Å². The van der Waals surface area contributed by atoms with Crippen molar-refractivity contribution < 1.29 is 0 Å². The standard InChI is InChI=1S/C9H11N3O/c10-5-4-6-2-1-3-7-8(6)11-12-9(7)13/h1-3H,4-5,10H2,(H2,11,12,13). The third-order valence-corrected chi connectivity index (χ3v) is 2.11. The molecule has 1 aromatic heterocycles. The van der Waals surface area contributed by atoms with E-state index in [4.69, 9.17) is 5.73 Å². The lowest BCUT2D eigenvalue weighted by Gasteiger charge is -1.98. The molecule has 0 aliphatic carbocycles. The van der Waals surface area contributed by atoms with Gasteiger partial charge >= 0.3 is 0 Å². The van der Waals surface area contributed by atoms with Gasteiger partial charge in [-0.05, 0) is 24.6 Å². The maximum Gasteiger partial charge on any atom is 0.271 e. The van der Waals surface area contributed by atoms with Crippen LogP contribution in [0.2, 0.25) is 0 Å². The molecule has 2 rings (SSSR count). The van der Waals surface area contributed by atoms with Gasteiger partial charge in [-0.25, -0.2) is 0 Å². The normalized spacial score (nSPS) is 10.8. The number of rotatable bonds is 2. The average molecular weight is 177 g/mol. The number of fused-ring (bicyclic) bond motifs is 1. The first-order chi connectivity index (χ1) is 6.33. The summed E-state index contributed by atoms with van der Waals surface area (Å²) >= 11 is 0. The Bertz CT molecular complexity index is 469. The number of nitrogens with one attached hydrogen (secondary N) is 2. The third-order valence-electron chi connectivity index (χ3n) is 2.11. The highest BCUT2D eigenvalue weighted by molar-refractivity contribution is 5.80. The number of hydrogen-bond donors (Lipinski definition) is 3. The van der Waals surface area contributed by atoms with Crippen molar-refractivity contribution in [1.29, 1.82) is 0 Å². The molecule has 0 spiro atoms. The van der Waals surface area contributed by atoms with Gasteiger partial charge in [-0.2, -0.15) is 0 Å². The van der Waals surface area contributed by atoms with Crippen molar-refractivity contribution in [3.05, 3.63) is 34.1 Å². The molecule has 0 radical (unpaired) electrons. The van der Waals surface area contributed by atoms with E-state index in [0.717, 1.165) is 17.5 Å². The second-order valence-electron chi connectivity index (χ2n) is 2.96. The minimum atomic E-state index is -0.0751. The molecule has 13 heavy (non-hydrogen) atoms. The van der Waals surface area contributed by atoms with E-state index in [2.05, 4.69) is 10.2 Å². The largest absolute Gasteiger partial charge is 0.330 e. The number of benzene rings is 1. The fourth-order valence-electron chi connectivity index (χ4n) is 1.49. The monoisotopic (exact) mass is 177 g/mol. The van der Waals surface area contributed by atoms with Gasteiger partial charge in [0.1, 0.15) is 0 Å². The summed E-state index contributed by atoms with van der Waals surface area (Å²) in [6.45, 7) is 0.590. The highest BCUT2D eigenvalue weighted by Crippen LogP contribution is 2.12. The molecule has 0 bridgehead atoms. The van der Waals surface area contributed by atoms with Crippen LogP contribution in [-0.4, -0.2) is 16.7 Å². The van der Waals surface area contributed by atoms with E-state index >= 15 is 0 Å². The van der Waals surface area contributed by atoms with Crippen LogP contribution in [0.4, 0.5) is 0 Å². The molecule has 4 nitrogen and oxygen atoms in total. The maximum atomic E-state index is 11.2. The SMILES string of the molecule is NCCc1cccc2c(=O)[nH][nH]c12. The van der Waals surface area contributed by atoms with Crippen molar-refractivity contribution in [2.24, 2.45) is 5.73 Å². The van der Waals surface area contributed by atoms with Crippen LogP contribution in [0.15, 0.2) is 23.0 Å². The lowest BCUT2D eigenvalue weighted by molar-refractivity contribution is 0.968. The number of para-hydroxylation sites is 1. The summed E-state index contributed by atoms with van der Waals surface area (Å²) in [4.78, 5) is 11.2. The summed E-state index contributed by atoms with van der Waals surface area (Å²) in [6, 6.07) is 5.64. The van der Waals surface area contributed by atoms with Gasteiger partial charge in [0, 0.05) is 0 Å². The third kappa shape index (κ3) is 1.25. The zero-order valence-corrected chi connectivity index (χ0v) is 7.13. The molecule has 0 aliphatic rings. The minimum absolute atomic E-state index is 0.0751. The lowest BCUT2D eigenvalue weighted by atomic mass is 10.1. The van der Waals surface area contributed by atoms with Crippen LogP contribution in [0.25, 0.3) is 10.9 Å². The molecule has 0 saturated heterocycles. The van der Waals surface area contributed by atoms with Crippen LogP contribution in [0, 0.1) is 0 Å². The van der Waals surface area contributed by atoms with Crippen molar-refractivity contribution in [1.82, 2.24) is 10.2 Å². The zero-order valence-electron chi connectivity index (χ0n) is 7.13. The Labute approximate surface area is 74.7 Å². The Morgan fingerprint density at radius 3 is 2.92 bits per heavy atom. The van der Waals surface area contributed by atoms with E-state index < -0.39 is 0 Å². The van der Waals surface area contributed by atoms with Crippen LogP contribution in [0.3, 0.4) is 0 Å². The number of hydrogen-bond acceptors (Lipinski definition) is 2. The second kappa shape index (κ2) is 3.06. The summed E-state index contributed by atoms with van der Waals surface area (Å²) in [6.07, 6.45) is 0.783. The molecular weight excluding hydrogens is 166 g/mol. The van der Waals surface area contributed by atoms with Gasteiger partial charge in [0.05, 0.1) is 10.9 Å². The number of nitrogens with two attached hydrogens (primary N) is 1. The Morgan fingerprint density at radius 1 is 1.31 bits per heavy atom. The lowest BCUT2D eigenvalue weighted by Crippen LogP contribution is -2.03. The quantitative estimate of drug-likeness (QED) is 0.619. The highest BCUT2D eigenvalue weighted by atomic mass is 16.1. The molecular formula is C9H11N3O. The Balaban J connectivity index is 2.69. The topological polar surface area (TPSA) is 74.7 Å². The van der Waals surface area contributed by atoms with Gasteiger partial charge in [0.15, 0.2) is 0 Å². The fourth-order valence-corrected chi connectivity index (χ4v) is 1.49. The number of H-pyrrole nitrogens is 2. The molecule has 4 N–H and O–H groups in total. The molecule has 0 fully saturated rings.